The number of amides is 1. The van der Waals surface area contributed by atoms with E-state index in [1.54, 1.807) is 13.0 Å². The standard InChI is InChI=1S/C11H17ClN4O/c1-6(2)4-8(13)10(17)16-11-14-7(3)5-9(12)15-11/h5-6,8H,4,13H2,1-3H3,(H,14,15,16,17)/t8-/m0/s1. The van der Waals surface area contributed by atoms with E-state index in [1.807, 2.05) is 13.8 Å². The van der Waals surface area contributed by atoms with Crippen LogP contribution in [0.4, 0.5) is 5.95 Å². The smallest absolute Gasteiger partial charge is 0.243 e. The number of nitrogens with one attached hydrogen (secondary N) is 1. The molecule has 0 aliphatic heterocycles. The van der Waals surface area contributed by atoms with Crippen molar-refractivity contribution in [2.24, 2.45) is 11.7 Å². The Morgan fingerprint density at radius 2 is 2.18 bits per heavy atom. The summed E-state index contributed by atoms with van der Waals surface area (Å²) in [4.78, 5) is 19.7. The van der Waals surface area contributed by atoms with Crippen LogP contribution in [0.2, 0.25) is 5.15 Å². The monoisotopic (exact) mass is 256 g/mol. The number of halogens is 1. The van der Waals surface area contributed by atoms with Crippen LogP contribution in [0.3, 0.4) is 0 Å². The molecule has 1 rings (SSSR count). The maximum Gasteiger partial charge on any atom is 0.243 e. The molecule has 0 aromatic carbocycles. The normalized spacial score (nSPS) is 12.6. The number of aryl methyl sites for hydroxylation is 1. The van der Waals surface area contributed by atoms with Gasteiger partial charge in [-0.05, 0) is 25.3 Å². The summed E-state index contributed by atoms with van der Waals surface area (Å²) in [5.41, 5.74) is 6.43. The molecule has 0 fully saturated rings. The number of carbonyl (C=O) groups is 1. The van der Waals surface area contributed by atoms with E-state index < -0.39 is 6.04 Å². The zero-order valence-corrected chi connectivity index (χ0v) is 11.0. The summed E-state index contributed by atoms with van der Waals surface area (Å²) in [7, 11) is 0. The molecule has 94 valence electrons. The van der Waals surface area contributed by atoms with Gasteiger partial charge in [0.15, 0.2) is 0 Å². The van der Waals surface area contributed by atoms with Crippen molar-refractivity contribution in [2.75, 3.05) is 5.32 Å². The second-order valence-electron chi connectivity index (χ2n) is 4.38. The zero-order valence-electron chi connectivity index (χ0n) is 10.2. The van der Waals surface area contributed by atoms with E-state index in [9.17, 15) is 4.79 Å². The van der Waals surface area contributed by atoms with E-state index in [-0.39, 0.29) is 11.9 Å². The van der Waals surface area contributed by atoms with Crippen LogP contribution < -0.4 is 11.1 Å². The number of anilines is 1. The van der Waals surface area contributed by atoms with E-state index in [1.165, 1.54) is 0 Å². The van der Waals surface area contributed by atoms with Crippen molar-refractivity contribution in [2.45, 2.75) is 33.2 Å². The highest BCUT2D eigenvalue weighted by molar-refractivity contribution is 6.29. The topological polar surface area (TPSA) is 80.9 Å². The summed E-state index contributed by atoms with van der Waals surface area (Å²) in [6.07, 6.45) is 0.616. The summed E-state index contributed by atoms with van der Waals surface area (Å²) in [6.45, 7) is 5.79. The second-order valence-corrected chi connectivity index (χ2v) is 4.77. The first-order valence-corrected chi connectivity index (χ1v) is 5.84. The van der Waals surface area contributed by atoms with Gasteiger partial charge in [0, 0.05) is 5.69 Å². The lowest BCUT2D eigenvalue weighted by Gasteiger charge is -2.13. The van der Waals surface area contributed by atoms with Gasteiger partial charge in [-0.2, -0.15) is 0 Å². The van der Waals surface area contributed by atoms with Crippen LogP contribution in [-0.2, 0) is 4.79 Å². The number of carbonyl (C=O) groups excluding carboxylic acids is 1. The Hall–Kier alpha value is -1.20. The Bertz CT molecular complexity index is 388. The molecule has 0 bridgehead atoms. The van der Waals surface area contributed by atoms with Gasteiger partial charge in [-0.3, -0.25) is 10.1 Å². The largest absolute Gasteiger partial charge is 0.320 e. The van der Waals surface area contributed by atoms with Gasteiger partial charge in [0.1, 0.15) is 5.15 Å². The summed E-state index contributed by atoms with van der Waals surface area (Å²) in [6, 6.07) is 1.06. The van der Waals surface area contributed by atoms with Crippen molar-refractivity contribution >= 4 is 23.5 Å². The minimum Gasteiger partial charge on any atom is -0.320 e. The SMILES string of the molecule is Cc1cc(Cl)nc(NC(=O)[C@@H](N)CC(C)C)n1. The third-order valence-electron chi connectivity index (χ3n) is 2.12. The van der Waals surface area contributed by atoms with E-state index in [4.69, 9.17) is 17.3 Å². The predicted molar refractivity (Wildman–Crippen MR) is 67.8 cm³/mol. The highest BCUT2D eigenvalue weighted by Crippen LogP contribution is 2.10. The minimum absolute atomic E-state index is 0.194. The molecule has 0 aliphatic rings. The van der Waals surface area contributed by atoms with E-state index in [0.717, 1.165) is 0 Å². The minimum atomic E-state index is -0.558. The van der Waals surface area contributed by atoms with Crippen LogP contribution in [0.25, 0.3) is 0 Å². The summed E-state index contributed by atoms with van der Waals surface area (Å²) < 4.78 is 0. The Labute approximate surface area is 106 Å². The average molecular weight is 257 g/mol. The van der Waals surface area contributed by atoms with Gasteiger partial charge in [0.25, 0.3) is 0 Å². The third-order valence-corrected chi connectivity index (χ3v) is 2.31. The Morgan fingerprint density at radius 1 is 1.53 bits per heavy atom. The third kappa shape index (κ3) is 4.66. The van der Waals surface area contributed by atoms with Gasteiger partial charge in [-0.25, -0.2) is 9.97 Å². The fourth-order valence-electron chi connectivity index (χ4n) is 1.40. The lowest BCUT2D eigenvalue weighted by molar-refractivity contribution is -0.117. The second kappa shape index (κ2) is 5.93. The maximum absolute atomic E-state index is 11.7. The molecule has 1 amide bonds. The molecule has 6 heteroatoms. The fourth-order valence-corrected chi connectivity index (χ4v) is 1.64. The highest BCUT2D eigenvalue weighted by Gasteiger charge is 2.16. The molecule has 5 nitrogen and oxygen atoms in total. The maximum atomic E-state index is 11.7. The van der Waals surface area contributed by atoms with Gasteiger partial charge in [-0.15, -0.1) is 0 Å². The molecule has 1 aromatic rings. The van der Waals surface area contributed by atoms with E-state index in [2.05, 4.69) is 15.3 Å². The highest BCUT2D eigenvalue weighted by atomic mass is 35.5. The molecule has 0 radical (unpaired) electrons. The molecule has 1 heterocycles. The zero-order chi connectivity index (χ0) is 13.0. The van der Waals surface area contributed by atoms with Crippen LogP contribution in [0.5, 0.6) is 0 Å². The number of nitrogens with two attached hydrogens (primary N) is 1. The van der Waals surface area contributed by atoms with Crippen LogP contribution >= 0.6 is 11.6 Å². The van der Waals surface area contributed by atoms with Crippen molar-refractivity contribution in [1.29, 1.82) is 0 Å². The molecule has 0 aliphatic carbocycles. The number of hydrogen-bond donors (Lipinski definition) is 2. The number of aromatic nitrogens is 2. The van der Waals surface area contributed by atoms with Gasteiger partial charge in [-0.1, -0.05) is 25.4 Å². The van der Waals surface area contributed by atoms with Crippen molar-refractivity contribution in [3.63, 3.8) is 0 Å². The van der Waals surface area contributed by atoms with Crippen molar-refractivity contribution in [1.82, 2.24) is 9.97 Å². The molecule has 17 heavy (non-hydrogen) atoms. The number of hydrogen-bond acceptors (Lipinski definition) is 4. The summed E-state index contributed by atoms with van der Waals surface area (Å²) >= 11 is 5.76. The van der Waals surface area contributed by atoms with Gasteiger partial charge in [0.2, 0.25) is 11.9 Å². The molecule has 1 atom stereocenters. The fraction of sp³-hybridized carbons (Fsp3) is 0.545. The molecule has 0 unspecified atom stereocenters. The van der Waals surface area contributed by atoms with E-state index >= 15 is 0 Å². The van der Waals surface area contributed by atoms with E-state index in [0.29, 0.717) is 23.2 Å². The molecular formula is C11H17ClN4O. The van der Waals surface area contributed by atoms with Crippen LogP contribution in [0.15, 0.2) is 6.07 Å². The Balaban J connectivity index is 2.67. The molecular weight excluding hydrogens is 240 g/mol. The Morgan fingerprint density at radius 3 is 2.71 bits per heavy atom. The molecule has 0 saturated heterocycles. The predicted octanol–water partition coefficient (Wildman–Crippen LogP) is 1.75. The van der Waals surface area contributed by atoms with Gasteiger partial charge < -0.3 is 5.73 Å². The lowest BCUT2D eigenvalue weighted by Crippen LogP contribution is -2.37. The van der Waals surface area contributed by atoms with Gasteiger partial charge in [0.05, 0.1) is 6.04 Å². The molecule has 3 N–H and O–H groups in total. The van der Waals surface area contributed by atoms with Crippen molar-refractivity contribution < 1.29 is 4.79 Å². The molecule has 0 saturated carbocycles. The summed E-state index contributed by atoms with van der Waals surface area (Å²) in [5.74, 6) is 0.261. The average Bonchev–Trinajstić information content (AvgIpc) is 2.14. The first-order chi connectivity index (χ1) is 7.88. The quantitative estimate of drug-likeness (QED) is 0.805. The van der Waals surface area contributed by atoms with Gasteiger partial charge >= 0.3 is 0 Å². The lowest BCUT2D eigenvalue weighted by atomic mass is 10.0. The molecule has 0 spiro atoms. The molecule has 1 aromatic heterocycles. The first-order valence-electron chi connectivity index (χ1n) is 5.46. The Kier molecular flexibility index (Phi) is 4.84. The summed E-state index contributed by atoms with van der Waals surface area (Å²) in [5, 5.41) is 2.85. The van der Waals surface area contributed by atoms with Crippen molar-refractivity contribution in [3.8, 4) is 0 Å². The van der Waals surface area contributed by atoms with Crippen molar-refractivity contribution in [3.05, 3.63) is 16.9 Å². The van der Waals surface area contributed by atoms with Crippen LogP contribution in [0.1, 0.15) is 26.0 Å². The van der Waals surface area contributed by atoms with Crippen LogP contribution in [0, 0.1) is 12.8 Å². The van der Waals surface area contributed by atoms with Crippen LogP contribution in [-0.4, -0.2) is 21.9 Å². The number of rotatable bonds is 4. The number of nitrogens with zero attached hydrogens (tertiary/aromatic N) is 2. The first kappa shape index (κ1) is 13.9.